The van der Waals surface area contributed by atoms with Crippen LogP contribution in [0.25, 0.3) is 16.6 Å². The van der Waals surface area contributed by atoms with Crippen molar-refractivity contribution in [1.82, 2.24) is 24.8 Å². The summed E-state index contributed by atoms with van der Waals surface area (Å²) in [6.45, 7) is 7.55. The molecule has 2 aliphatic rings. The monoisotopic (exact) mass is 838 g/mol. The minimum absolute atomic E-state index is 0.00339. The molecule has 1 fully saturated rings. The van der Waals surface area contributed by atoms with Gasteiger partial charge in [0.05, 0.1) is 68.3 Å². The Labute approximate surface area is 354 Å². The number of H-pyrrole nitrogens is 1. The van der Waals surface area contributed by atoms with Gasteiger partial charge in [-0.05, 0) is 77.7 Å². The van der Waals surface area contributed by atoms with Crippen molar-refractivity contribution in [2.24, 2.45) is 5.92 Å². The summed E-state index contributed by atoms with van der Waals surface area (Å²) >= 11 is 6.78. The number of anilines is 1. The van der Waals surface area contributed by atoms with E-state index in [0.29, 0.717) is 34.8 Å². The minimum atomic E-state index is -2.43. The highest BCUT2D eigenvalue weighted by atomic mass is 35.5. The second-order valence-corrected chi connectivity index (χ2v) is 21.6. The number of carbonyl (C=O) groups is 1. The summed E-state index contributed by atoms with van der Waals surface area (Å²) < 4.78 is 16.3. The number of fused-ring (bicyclic) bond motifs is 3. The van der Waals surface area contributed by atoms with E-state index in [2.05, 4.69) is 47.6 Å². The molecule has 1 unspecified atom stereocenters. The lowest BCUT2D eigenvalue weighted by molar-refractivity contribution is -0.146. The third kappa shape index (κ3) is 6.68. The molecule has 1 saturated heterocycles. The smallest absolute Gasteiger partial charge is 0.279 e. The fourth-order valence-electron chi connectivity index (χ4n) is 9.83. The SMILES string of the molecule is COc1ccc([Si](C)(C)[C@@H]2[C@@H](CCn3cc(C(CO)c4ccccc4)nn3)O[C@]3(C(=O)N(Cc4cccc(-n5[nH]c6ccccc6c5=O)c4)c4ccc(Cl)cc43)[C@H]2C)cc1. The Balaban J connectivity index is 1.07. The summed E-state index contributed by atoms with van der Waals surface area (Å²) in [6.07, 6.45) is 2.15. The van der Waals surface area contributed by atoms with Gasteiger partial charge in [0, 0.05) is 29.2 Å². The molecule has 0 aliphatic carbocycles. The molecule has 5 atom stereocenters. The summed E-state index contributed by atoms with van der Waals surface area (Å²) in [5.74, 6) is 0.117. The van der Waals surface area contributed by atoms with Gasteiger partial charge in [0.2, 0.25) is 0 Å². The Bertz CT molecular complexity index is 2750. The summed E-state index contributed by atoms with van der Waals surface area (Å²) in [6, 6.07) is 38.9. The van der Waals surface area contributed by atoms with E-state index >= 15 is 4.79 Å². The fourth-order valence-corrected chi connectivity index (χ4v) is 14.1. The third-order valence-electron chi connectivity index (χ3n) is 12.8. The number of aliphatic hydroxyl groups is 1. The number of nitrogens with zero attached hydrogens (tertiary/aromatic N) is 5. The summed E-state index contributed by atoms with van der Waals surface area (Å²) in [5.41, 5.74) is 4.01. The van der Waals surface area contributed by atoms with E-state index < -0.39 is 13.7 Å². The lowest BCUT2D eigenvalue weighted by atomic mass is 9.82. The molecule has 1 spiro atoms. The van der Waals surface area contributed by atoms with E-state index in [0.717, 1.165) is 33.6 Å². The molecule has 0 saturated carbocycles. The Morgan fingerprint density at radius 3 is 2.47 bits per heavy atom. The third-order valence-corrected chi connectivity index (χ3v) is 17.4. The Hall–Kier alpha value is -5.79. The first kappa shape index (κ1) is 39.7. The van der Waals surface area contributed by atoms with Crippen LogP contribution >= 0.6 is 11.6 Å². The quantitative estimate of drug-likeness (QED) is 0.122. The molecule has 1 amide bonds. The van der Waals surface area contributed by atoms with Crippen molar-refractivity contribution in [3.8, 4) is 11.4 Å². The van der Waals surface area contributed by atoms with Gasteiger partial charge in [-0.1, -0.05) is 109 Å². The van der Waals surface area contributed by atoms with Crippen LogP contribution in [0.5, 0.6) is 5.75 Å². The van der Waals surface area contributed by atoms with Gasteiger partial charge in [-0.25, -0.2) is 4.68 Å². The molecule has 2 aliphatic heterocycles. The van der Waals surface area contributed by atoms with Crippen LogP contribution in [0.15, 0.2) is 132 Å². The molecule has 0 bridgehead atoms. The number of carbonyl (C=O) groups excluding carboxylic acids is 1. The second-order valence-electron chi connectivity index (χ2n) is 16.5. The average Bonchev–Trinajstić information content (AvgIpc) is 4.01. The van der Waals surface area contributed by atoms with Crippen molar-refractivity contribution in [3.63, 3.8) is 0 Å². The number of para-hydroxylation sites is 1. The number of benzene rings is 5. The number of amides is 1. The molecule has 13 heteroatoms. The number of ether oxygens (including phenoxy) is 2. The van der Waals surface area contributed by atoms with Gasteiger partial charge < -0.3 is 19.5 Å². The summed E-state index contributed by atoms with van der Waals surface area (Å²) in [7, 11) is -0.759. The first-order valence-electron chi connectivity index (χ1n) is 20.3. The highest BCUT2D eigenvalue weighted by molar-refractivity contribution is 6.91. The zero-order valence-corrected chi connectivity index (χ0v) is 35.7. The zero-order chi connectivity index (χ0) is 41.8. The molecule has 2 aromatic heterocycles. The Morgan fingerprint density at radius 1 is 0.950 bits per heavy atom. The molecule has 60 heavy (non-hydrogen) atoms. The van der Waals surface area contributed by atoms with Crippen LogP contribution < -0.4 is 20.4 Å². The predicted molar refractivity (Wildman–Crippen MR) is 236 cm³/mol. The lowest BCUT2D eigenvalue weighted by Gasteiger charge is -2.37. The predicted octanol–water partition coefficient (Wildman–Crippen LogP) is 7.55. The van der Waals surface area contributed by atoms with Crippen LogP contribution in [0.3, 0.4) is 0 Å². The average molecular weight is 839 g/mol. The molecule has 2 N–H and O–H groups in total. The van der Waals surface area contributed by atoms with Crippen molar-refractivity contribution >= 4 is 47.4 Å². The number of aliphatic hydroxyl groups excluding tert-OH is 1. The maximum atomic E-state index is 15.4. The molecule has 306 valence electrons. The fraction of sp³-hybridized carbons (Fsp3) is 0.277. The number of aryl methyl sites for hydroxylation is 1. The van der Waals surface area contributed by atoms with Crippen LogP contribution in [0.1, 0.15) is 41.6 Å². The van der Waals surface area contributed by atoms with Crippen LogP contribution in [-0.4, -0.2) is 63.7 Å². The lowest BCUT2D eigenvalue weighted by Crippen LogP contribution is -2.51. The normalized spacial score (nSPS) is 20.6. The van der Waals surface area contributed by atoms with Crippen LogP contribution in [0.4, 0.5) is 5.69 Å². The number of hydrogen-bond acceptors (Lipinski definition) is 7. The highest BCUT2D eigenvalue weighted by Crippen LogP contribution is 2.60. The van der Waals surface area contributed by atoms with Gasteiger partial charge >= 0.3 is 0 Å². The number of aromatic nitrogens is 5. The van der Waals surface area contributed by atoms with E-state index in [4.69, 9.17) is 21.1 Å². The largest absolute Gasteiger partial charge is 0.497 e. The Kier molecular flexibility index (Phi) is 10.4. The Morgan fingerprint density at radius 2 is 1.72 bits per heavy atom. The number of rotatable bonds is 12. The molecule has 4 heterocycles. The van der Waals surface area contributed by atoms with Gasteiger partial charge in [0.15, 0.2) is 5.60 Å². The maximum absolute atomic E-state index is 15.4. The van der Waals surface area contributed by atoms with Crippen LogP contribution in [-0.2, 0) is 28.2 Å². The minimum Gasteiger partial charge on any atom is -0.497 e. The molecular weight excluding hydrogens is 792 g/mol. The van der Waals surface area contributed by atoms with Gasteiger partial charge in [-0.3, -0.25) is 19.4 Å². The van der Waals surface area contributed by atoms with E-state index in [1.165, 1.54) is 5.19 Å². The van der Waals surface area contributed by atoms with Crippen molar-refractivity contribution in [3.05, 3.63) is 165 Å². The topological polar surface area (TPSA) is 127 Å². The molecule has 0 radical (unpaired) electrons. The molecule has 11 nitrogen and oxygen atoms in total. The van der Waals surface area contributed by atoms with E-state index in [1.807, 2.05) is 125 Å². The van der Waals surface area contributed by atoms with E-state index in [1.54, 1.807) is 11.8 Å². The van der Waals surface area contributed by atoms with Crippen LogP contribution in [0, 0.1) is 5.92 Å². The summed E-state index contributed by atoms with van der Waals surface area (Å²) in [4.78, 5) is 30.6. The van der Waals surface area contributed by atoms with Gasteiger partial charge in [-0.2, -0.15) is 0 Å². The van der Waals surface area contributed by atoms with E-state index in [-0.39, 0.29) is 48.1 Å². The maximum Gasteiger partial charge on any atom is 0.279 e. The standard InChI is InChI=1S/C47H47ClN6O5Si/c1-30-44(60(3,4)36-20-18-35(58-2)19-21-36)43(23-24-52-28-41(49-51-52)38(29-55)32-12-6-5-7-13-32)59-47(30)39-26-33(48)17-22-42(39)53(46(47)57)27-31-11-10-14-34(25-31)54-45(56)37-15-8-9-16-40(37)50-54/h5-22,25-26,28,30,38,43-44,50,55H,23-24,27,29H2,1-4H3/t30-,38?,43+,44-,47+/m0/s1. The number of aromatic amines is 1. The summed E-state index contributed by atoms with van der Waals surface area (Å²) in [5, 5.41) is 24.9. The van der Waals surface area contributed by atoms with Gasteiger partial charge in [0.1, 0.15) is 5.75 Å². The van der Waals surface area contributed by atoms with Crippen molar-refractivity contribution in [1.29, 1.82) is 0 Å². The van der Waals surface area contributed by atoms with E-state index in [9.17, 15) is 9.90 Å². The number of hydrogen-bond donors (Lipinski definition) is 2. The van der Waals surface area contributed by atoms with Gasteiger partial charge in [0.25, 0.3) is 11.5 Å². The van der Waals surface area contributed by atoms with Crippen LogP contribution in [0.2, 0.25) is 23.7 Å². The highest BCUT2D eigenvalue weighted by Gasteiger charge is 2.66. The van der Waals surface area contributed by atoms with Crippen molar-refractivity contribution in [2.75, 3.05) is 18.6 Å². The number of nitrogens with one attached hydrogen (secondary N) is 1. The first-order valence-corrected chi connectivity index (χ1v) is 23.8. The number of halogens is 1. The first-order chi connectivity index (χ1) is 29.0. The zero-order valence-electron chi connectivity index (χ0n) is 34.0. The number of methoxy groups -OCH3 is 1. The molecule has 9 rings (SSSR count). The van der Waals surface area contributed by atoms with Crippen molar-refractivity contribution < 1.29 is 19.4 Å². The second kappa shape index (κ2) is 15.7. The molecular formula is C47H47ClN6O5Si. The van der Waals surface area contributed by atoms with Crippen molar-refractivity contribution in [2.45, 2.75) is 62.7 Å². The molecule has 5 aromatic carbocycles. The van der Waals surface area contributed by atoms with Gasteiger partial charge in [-0.15, -0.1) is 5.10 Å². The molecule has 7 aromatic rings.